The molecule has 0 spiro atoms. The molecule has 11 heteroatoms. The number of ether oxygens (including phenoxy) is 1. The third-order valence-corrected chi connectivity index (χ3v) is 6.41. The minimum absolute atomic E-state index is 0.0226. The third-order valence-electron chi connectivity index (χ3n) is 5.97. The van der Waals surface area contributed by atoms with Gasteiger partial charge in [-0.3, -0.25) is 9.67 Å². The van der Waals surface area contributed by atoms with Crippen molar-refractivity contribution in [3.63, 3.8) is 0 Å². The van der Waals surface area contributed by atoms with Crippen LogP contribution in [0.25, 0.3) is 11.3 Å². The number of hydrogen-bond acceptors (Lipinski definition) is 7. The van der Waals surface area contributed by atoms with Gasteiger partial charge in [0.15, 0.2) is 6.20 Å². The number of nitro groups is 1. The first-order valence-corrected chi connectivity index (χ1v) is 12.3. The molecule has 0 radical (unpaired) electrons. The highest BCUT2D eigenvalue weighted by Crippen LogP contribution is 2.36. The van der Waals surface area contributed by atoms with Crippen LogP contribution in [0.15, 0.2) is 59.5 Å². The zero-order valence-electron chi connectivity index (χ0n) is 19.3. The molecule has 5 rings (SSSR count). The molecule has 1 atom stereocenters. The molecule has 4 aromatic rings. The lowest BCUT2D eigenvalue weighted by atomic mass is 9.95. The molecular weight excluding hydrogens is 531 g/mol. The van der Waals surface area contributed by atoms with E-state index in [1.54, 1.807) is 19.2 Å². The number of halogens is 2. The van der Waals surface area contributed by atoms with Crippen LogP contribution in [0.4, 0.5) is 10.2 Å². The smallest absolute Gasteiger partial charge is 0.406 e. The summed E-state index contributed by atoms with van der Waals surface area (Å²) in [4.78, 5) is 19.2. The van der Waals surface area contributed by atoms with E-state index in [9.17, 15) is 14.5 Å². The van der Waals surface area contributed by atoms with Gasteiger partial charge in [0, 0.05) is 42.6 Å². The summed E-state index contributed by atoms with van der Waals surface area (Å²) >= 11 is 3.27. The first kappa shape index (κ1) is 24.0. The van der Waals surface area contributed by atoms with Gasteiger partial charge in [0.25, 0.3) is 0 Å². The zero-order valence-corrected chi connectivity index (χ0v) is 20.9. The highest BCUT2D eigenvalue weighted by atomic mass is 79.9. The molecule has 3 heterocycles. The Kier molecular flexibility index (Phi) is 6.73. The Balaban J connectivity index is 1.47. The lowest BCUT2D eigenvalue weighted by Gasteiger charge is -2.19. The molecular formula is C25H22BrFN6O3. The molecule has 0 unspecified atom stereocenters. The normalized spacial score (nSPS) is 14.0. The average molecular weight is 553 g/mol. The first-order valence-electron chi connectivity index (χ1n) is 11.5. The summed E-state index contributed by atoms with van der Waals surface area (Å²) in [5, 5.41) is 20.0. The fourth-order valence-electron chi connectivity index (χ4n) is 4.07. The Morgan fingerprint density at radius 1 is 1.28 bits per heavy atom. The van der Waals surface area contributed by atoms with Crippen molar-refractivity contribution in [2.45, 2.75) is 38.8 Å². The maximum absolute atomic E-state index is 14.4. The summed E-state index contributed by atoms with van der Waals surface area (Å²) in [6, 6.07) is 9.63. The van der Waals surface area contributed by atoms with Crippen LogP contribution in [0.2, 0.25) is 0 Å². The maximum atomic E-state index is 14.4. The van der Waals surface area contributed by atoms with Gasteiger partial charge < -0.3 is 14.9 Å². The summed E-state index contributed by atoms with van der Waals surface area (Å²) in [6.45, 7) is 2.58. The van der Waals surface area contributed by atoms with E-state index in [1.165, 1.54) is 37.2 Å². The van der Waals surface area contributed by atoms with Gasteiger partial charge in [-0.1, -0.05) is 11.3 Å². The highest BCUT2D eigenvalue weighted by Gasteiger charge is 2.24. The van der Waals surface area contributed by atoms with Gasteiger partial charge in [-0.2, -0.15) is 0 Å². The van der Waals surface area contributed by atoms with Gasteiger partial charge >= 0.3 is 5.82 Å². The number of rotatable bonds is 9. The van der Waals surface area contributed by atoms with Gasteiger partial charge in [0.1, 0.15) is 11.9 Å². The topological polar surface area (TPSA) is 109 Å². The van der Waals surface area contributed by atoms with E-state index in [0.717, 1.165) is 17.8 Å². The predicted molar refractivity (Wildman–Crippen MR) is 133 cm³/mol. The Labute approximate surface area is 214 Å². The standard InChI is InChI=1S/C25H22BrFN6O3/c1-15(36-23-10-18(26)12-29-25(23)33(34)35)22-11-19(27)6-7-21(22)24-17(3-2-8-28-24)9-20-14-32(31-30-20)13-16-4-5-16/h2-3,6-8,10-12,14-16H,4-5,9,13H2,1H3/t15-/m1/s1. The van der Waals surface area contributed by atoms with Crippen LogP contribution in [0.5, 0.6) is 5.75 Å². The first-order chi connectivity index (χ1) is 17.4. The van der Waals surface area contributed by atoms with E-state index >= 15 is 0 Å². The van der Waals surface area contributed by atoms with Crippen molar-refractivity contribution in [2.24, 2.45) is 5.92 Å². The highest BCUT2D eigenvalue weighted by molar-refractivity contribution is 9.10. The van der Waals surface area contributed by atoms with Crippen LogP contribution in [0, 0.1) is 21.8 Å². The number of pyridine rings is 2. The molecule has 3 aromatic heterocycles. The molecule has 0 aliphatic heterocycles. The second-order valence-electron chi connectivity index (χ2n) is 8.79. The summed E-state index contributed by atoms with van der Waals surface area (Å²) in [6.07, 6.45) is 7.17. The predicted octanol–water partition coefficient (Wildman–Crippen LogP) is 5.69. The fraction of sp³-hybridized carbons (Fsp3) is 0.280. The fourth-order valence-corrected chi connectivity index (χ4v) is 4.38. The van der Waals surface area contributed by atoms with Gasteiger partial charge in [-0.15, -0.1) is 5.10 Å². The second kappa shape index (κ2) is 10.1. The van der Waals surface area contributed by atoms with E-state index < -0.39 is 22.7 Å². The molecule has 1 aliphatic carbocycles. The van der Waals surface area contributed by atoms with Crippen LogP contribution in [-0.4, -0.2) is 29.9 Å². The van der Waals surface area contributed by atoms with Gasteiger partial charge in [0.2, 0.25) is 5.75 Å². The Morgan fingerprint density at radius 3 is 2.89 bits per heavy atom. The number of hydrogen-bond donors (Lipinski definition) is 0. The van der Waals surface area contributed by atoms with Gasteiger partial charge in [-0.25, -0.2) is 4.39 Å². The van der Waals surface area contributed by atoms with Crippen molar-refractivity contribution in [3.05, 3.63) is 92.2 Å². The van der Waals surface area contributed by atoms with Gasteiger partial charge in [-0.05, 0) is 81.3 Å². The van der Waals surface area contributed by atoms with Crippen molar-refractivity contribution in [1.29, 1.82) is 0 Å². The van der Waals surface area contributed by atoms with Crippen molar-refractivity contribution >= 4 is 21.7 Å². The van der Waals surface area contributed by atoms with Crippen LogP contribution in [-0.2, 0) is 13.0 Å². The molecule has 1 saturated carbocycles. The molecule has 0 bridgehead atoms. The van der Waals surface area contributed by atoms with E-state index in [0.29, 0.717) is 33.6 Å². The van der Waals surface area contributed by atoms with Crippen molar-refractivity contribution in [1.82, 2.24) is 25.0 Å². The Hall–Kier alpha value is -3.73. The average Bonchev–Trinajstić information content (AvgIpc) is 3.56. The molecule has 9 nitrogen and oxygen atoms in total. The Bertz CT molecular complexity index is 1420. The molecule has 0 saturated heterocycles. The van der Waals surface area contributed by atoms with Crippen molar-refractivity contribution < 1.29 is 14.1 Å². The quantitative estimate of drug-likeness (QED) is 0.194. The monoisotopic (exact) mass is 552 g/mol. The SMILES string of the molecule is C[C@@H](Oc1cc(Br)cnc1[N+](=O)[O-])c1cc(F)ccc1-c1ncccc1Cc1cn(CC2CC2)nn1. The second-order valence-corrected chi connectivity index (χ2v) is 9.70. The van der Waals surface area contributed by atoms with Crippen LogP contribution in [0.1, 0.15) is 42.7 Å². The third kappa shape index (κ3) is 5.40. The molecule has 1 fully saturated rings. The molecule has 0 N–H and O–H groups in total. The molecule has 0 amide bonds. The van der Waals surface area contributed by atoms with Gasteiger partial charge in [0.05, 0.1) is 15.9 Å². The molecule has 184 valence electrons. The van der Waals surface area contributed by atoms with Crippen molar-refractivity contribution in [2.75, 3.05) is 0 Å². The largest absolute Gasteiger partial charge is 0.478 e. The molecule has 1 aliphatic rings. The van der Waals surface area contributed by atoms with Crippen molar-refractivity contribution in [3.8, 4) is 17.0 Å². The van der Waals surface area contributed by atoms with E-state index in [4.69, 9.17) is 4.74 Å². The number of benzene rings is 1. The molecule has 1 aromatic carbocycles. The summed E-state index contributed by atoms with van der Waals surface area (Å²) in [5.41, 5.74) is 3.53. The lowest BCUT2D eigenvalue weighted by molar-refractivity contribution is -0.390. The lowest BCUT2D eigenvalue weighted by Crippen LogP contribution is -2.09. The van der Waals surface area contributed by atoms with E-state index in [-0.39, 0.29) is 5.75 Å². The maximum Gasteiger partial charge on any atom is 0.406 e. The van der Waals surface area contributed by atoms with E-state index in [2.05, 4.69) is 36.2 Å². The summed E-state index contributed by atoms with van der Waals surface area (Å²) < 4.78 is 22.7. The molecule has 36 heavy (non-hydrogen) atoms. The minimum Gasteiger partial charge on any atom is -0.478 e. The number of nitrogens with zero attached hydrogens (tertiary/aromatic N) is 6. The van der Waals surface area contributed by atoms with Crippen LogP contribution in [0.3, 0.4) is 0 Å². The minimum atomic E-state index is -0.736. The summed E-state index contributed by atoms with van der Waals surface area (Å²) in [7, 11) is 0. The van der Waals surface area contributed by atoms with E-state index in [1.807, 2.05) is 23.0 Å². The van der Waals surface area contributed by atoms with Crippen LogP contribution < -0.4 is 4.74 Å². The Morgan fingerprint density at radius 2 is 2.11 bits per heavy atom. The summed E-state index contributed by atoms with van der Waals surface area (Å²) in [5.74, 6) is -0.207. The number of aromatic nitrogens is 5. The van der Waals surface area contributed by atoms with Crippen LogP contribution >= 0.6 is 15.9 Å². The zero-order chi connectivity index (χ0) is 25.2.